The number of para-hydroxylation sites is 1. The van der Waals surface area contributed by atoms with Gasteiger partial charge >= 0.3 is 6.85 Å². The number of benzene rings is 8. The Labute approximate surface area is 305 Å². The molecule has 0 saturated heterocycles. The molecule has 52 heavy (non-hydrogen) atoms. The van der Waals surface area contributed by atoms with Crippen LogP contribution in [0.4, 0.5) is 11.4 Å². The van der Waals surface area contributed by atoms with Crippen molar-refractivity contribution in [1.82, 2.24) is 4.57 Å². The van der Waals surface area contributed by atoms with Gasteiger partial charge in [0.05, 0.1) is 15.7 Å². The molecule has 10 aromatic rings. The second-order valence-corrected chi connectivity index (χ2v) is 15.1. The predicted octanol–water partition coefficient (Wildman–Crippen LogP) is 11.7. The number of thiophene rings is 1. The van der Waals surface area contributed by atoms with Gasteiger partial charge in [-0.05, 0) is 74.5 Å². The van der Waals surface area contributed by atoms with E-state index in [0.717, 1.165) is 0 Å². The molecule has 240 valence electrons. The molecule has 2 nitrogen and oxygen atoms in total. The van der Waals surface area contributed by atoms with Crippen molar-refractivity contribution in [1.29, 1.82) is 0 Å². The molecule has 2 aromatic heterocycles. The van der Waals surface area contributed by atoms with Crippen molar-refractivity contribution in [3.63, 3.8) is 0 Å². The Kier molecular flexibility index (Phi) is 5.77. The summed E-state index contributed by atoms with van der Waals surface area (Å²) in [7, 11) is 0. The zero-order chi connectivity index (χ0) is 33.9. The fourth-order valence-corrected chi connectivity index (χ4v) is 10.4. The Balaban J connectivity index is 1.24. The van der Waals surface area contributed by atoms with Gasteiger partial charge in [-0.3, -0.25) is 0 Å². The standard InChI is InChI=1S/C48H29BN2S/c1-3-12-30(13-4-1)32-22-25-35(26-23-32)51-45-36-17-8-7-16-33(36)24-27-37(45)40-28-34(31-14-5-2-6-15-31)29-42-44(40)49(51)41-20-11-19-39-46(41)50(42)47-38-18-9-10-21-43(38)52-48(39)47/h1-29H. The monoisotopic (exact) mass is 676 g/mol. The van der Waals surface area contributed by atoms with Crippen LogP contribution in [0.2, 0.25) is 0 Å². The van der Waals surface area contributed by atoms with Gasteiger partial charge in [0.15, 0.2) is 0 Å². The lowest BCUT2D eigenvalue weighted by Gasteiger charge is -2.43. The van der Waals surface area contributed by atoms with Crippen LogP contribution in [-0.4, -0.2) is 11.4 Å². The first-order valence-corrected chi connectivity index (χ1v) is 18.8. The van der Waals surface area contributed by atoms with E-state index in [1.165, 1.54) is 103 Å². The van der Waals surface area contributed by atoms with E-state index in [4.69, 9.17) is 0 Å². The molecule has 0 radical (unpaired) electrons. The van der Waals surface area contributed by atoms with E-state index in [0.29, 0.717) is 0 Å². The second-order valence-electron chi connectivity index (χ2n) is 14.0. The van der Waals surface area contributed by atoms with E-state index < -0.39 is 0 Å². The third-order valence-corrected chi connectivity index (χ3v) is 12.5. The summed E-state index contributed by atoms with van der Waals surface area (Å²) in [6, 6.07) is 65.3. The first-order valence-electron chi connectivity index (χ1n) is 18.0. The number of nitrogens with zero attached hydrogens (tertiary/aromatic N) is 2. The van der Waals surface area contributed by atoms with Gasteiger partial charge in [0.1, 0.15) is 0 Å². The number of rotatable bonds is 3. The van der Waals surface area contributed by atoms with Crippen molar-refractivity contribution in [3.8, 4) is 39.1 Å². The summed E-state index contributed by atoms with van der Waals surface area (Å²) < 4.78 is 5.30. The van der Waals surface area contributed by atoms with Crippen molar-refractivity contribution < 1.29 is 0 Å². The van der Waals surface area contributed by atoms with Gasteiger partial charge in [-0.15, -0.1) is 11.3 Å². The maximum absolute atomic E-state index is 2.65. The summed E-state index contributed by atoms with van der Waals surface area (Å²) in [6.07, 6.45) is 0. The molecule has 4 heterocycles. The molecule has 0 fully saturated rings. The van der Waals surface area contributed by atoms with Crippen molar-refractivity contribution in [2.45, 2.75) is 0 Å². The molecule has 0 atom stereocenters. The molecular weight excluding hydrogens is 647 g/mol. The number of anilines is 2. The Bertz CT molecular complexity index is 3070. The average Bonchev–Trinajstić information content (AvgIpc) is 3.76. The topological polar surface area (TPSA) is 8.17 Å². The summed E-state index contributed by atoms with van der Waals surface area (Å²) in [5.41, 5.74) is 16.6. The number of fused-ring (bicyclic) bond motifs is 11. The quantitative estimate of drug-likeness (QED) is 0.169. The van der Waals surface area contributed by atoms with E-state index in [1.807, 2.05) is 11.3 Å². The average molecular weight is 677 g/mol. The van der Waals surface area contributed by atoms with Crippen LogP contribution in [0.25, 0.3) is 81.0 Å². The fourth-order valence-electron chi connectivity index (χ4n) is 9.14. The van der Waals surface area contributed by atoms with Gasteiger partial charge in [0.2, 0.25) is 0 Å². The molecule has 0 saturated carbocycles. The van der Waals surface area contributed by atoms with Gasteiger partial charge in [0.25, 0.3) is 0 Å². The van der Waals surface area contributed by atoms with Crippen LogP contribution in [0.1, 0.15) is 0 Å². The molecule has 0 amide bonds. The minimum atomic E-state index is -0.0258. The van der Waals surface area contributed by atoms with Crippen molar-refractivity contribution >= 4 is 82.5 Å². The minimum Gasteiger partial charge on any atom is -0.376 e. The highest BCUT2D eigenvalue weighted by Gasteiger charge is 2.44. The van der Waals surface area contributed by atoms with E-state index >= 15 is 0 Å². The van der Waals surface area contributed by atoms with E-state index in [1.54, 1.807) is 0 Å². The summed E-state index contributed by atoms with van der Waals surface area (Å²) in [6.45, 7) is -0.0258. The summed E-state index contributed by atoms with van der Waals surface area (Å²) in [5.74, 6) is 0. The molecule has 2 aliphatic heterocycles. The van der Waals surface area contributed by atoms with Crippen LogP contribution in [0, 0.1) is 0 Å². The van der Waals surface area contributed by atoms with E-state index in [2.05, 4.69) is 185 Å². The van der Waals surface area contributed by atoms with E-state index in [-0.39, 0.29) is 6.85 Å². The Morgan fingerprint density at radius 1 is 0.462 bits per heavy atom. The zero-order valence-electron chi connectivity index (χ0n) is 28.1. The van der Waals surface area contributed by atoms with Crippen molar-refractivity contribution in [2.24, 2.45) is 0 Å². The largest absolute Gasteiger partial charge is 0.376 e. The molecule has 8 aromatic carbocycles. The Hall–Kier alpha value is -6.36. The van der Waals surface area contributed by atoms with Crippen LogP contribution >= 0.6 is 11.3 Å². The van der Waals surface area contributed by atoms with Gasteiger partial charge in [0, 0.05) is 43.5 Å². The molecule has 2 aliphatic rings. The Morgan fingerprint density at radius 3 is 1.94 bits per heavy atom. The van der Waals surface area contributed by atoms with Gasteiger partial charge in [-0.1, -0.05) is 146 Å². The second kappa shape index (κ2) is 10.6. The number of hydrogen-bond donors (Lipinski definition) is 0. The lowest BCUT2D eigenvalue weighted by Crippen LogP contribution is -2.60. The third-order valence-electron chi connectivity index (χ3n) is 11.3. The summed E-state index contributed by atoms with van der Waals surface area (Å²) >= 11 is 1.92. The maximum atomic E-state index is 2.65. The highest BCUT2D eigenvalue weighted by molar-refractivity contribution is 7.26. The molecule has 0 bridgehead atoms. The molecular formula is C48H29BN2S. The van der Waals surface area contributed by atoms with Crippen LogP contribution in [-0.2, 0) is 0 Å². The van der Waals surface area contributed by atoms with Crippen molar-refractivity contribution in [3.05, 3.63) is 176 Å². The highest BCUT2D eigenvalue weighted by atomic mass is 32.1. The highest BCUT2D eigenvalue weighted by Crippen LogP contribution is 2.50. The lowest BCUT2D eigenvalue weighted by atomic mass is 9.43. The van der Waals surface area contributed by atoms with Crippen LogP contribution in [0.5, 0.6) is 0 Å². The first-order chi connectivity index (χ1) is 25.8. The molecule has 0 N–H and O–H groups in total. The van der Waals surface area contributed by atoms with E-state index in [9.17, 15) is 0 Å². The molecule has 4 heteroatoms. The lowest BCUT2D eigenvalue weighted by molar-refractivity contribution is 1.19. The van der Waals surface area contributed by atoms with Gasteiger partial charge < -0.3 is 9.38 Å². The van der Waals surface area contributed by atoms with Gasteiger partial charge in [-0.2, -0.15) is 0 Å². The molecule has 12 rings (SSSR count). The summed E-state index contributed by atoms with van der Waals surface area (Å²) in [5, 5.41) is 5.16. The number of hydrogen-bond acceptors (Lipinski definition) is 2. The maximum Gasteiger partial charge on any atom is 0.333 e. The van der Waals surface area contributed by atoms with Gasteiger partial charge in [-0.25, -0.2) is 0 Å². The van der Waals surface area contributed by atoms with Crippen LogP contribution in [0.3, 0.4) is 0 Å². The SMILES string of the molecule is c1ccc(-c2ccc(N3B4c5c(cc(-c6ccccc6)cc5-n5c6c4cccc6c4sc6ccccc6c45)-c4ccc5ccccc5c43)cc2)cc1. The molecule has 0 unspecified atom stereocenters. The zero-order valence-corrected chi connectivity index (χ0v) is 28.9. The van der Waals surface area contributed by atoms with Crippen molar-refractivity contribution in [2.75, 3.05) is 4.81 Å². The Morgan fingerprint density at radius 2 is 1.13 bits per heavy atom. The molecule has 0 spiro atoms. The normalized spacial score (nSPS) is 12.9. The number of aromatic nitrogens is 1. The predicted molar refractivity (Wildman–Crippen MR) is 224 cm³/mol. The third kappa shape index (κ3) is 3.79. The first kappa shape index (κ1) is 28.4. The smallest absolute Gasteiger partial charge is 0.333 e. The fraction of sp³-hybridized carbons (Fsp3) is 0. The van der Waals surface area contributed by atoms with Crippen LogP contribution in [0.15, 0.2) is 176 Å². The summed E-state index contributed by atoms with van der Waals surface area (Å²) in [4.78, 5) is 2.65. The molecule has 0 aliphatic carbocycles. The minimum absolute atomic E-state index is 0.0258. The van der Waals surface area contributed by atoms with Crippen LogP contribution < -0.4 is 15.7 Å².